The van der Waals surface area contributed by atoms with Crippen molar-refractivity contribution in [3.63, 3.8) is 0 Å². The van der Waals surface area contributed by atoms with E-state index < -0.39 is 6.10 Å². The first-order valence-electron chi connectivity index (χ1n) is 6.32. The summed E-state index contributed by atoms with van der Waals surface area (Å²) in [5, 5.41) is 13.5. The number of ether oxygens (including phenoxy) is 1. The van der Waals surface area contributed by atoms with Gasteiger partial charge in [0.15, 0.2) is 5.82 Å². The van der Waals surface area contributed by atoms with E-state index >= 15 is 0 Å². The zero-order valence-electron chi connectivity index (χ0n) is 11.4. The zero-order chi connectivity index (χ0) is 13.4. The highest BCUT2D eigenvalue weighted by atomic mass is 16.5. The molecule has 1 atom stereocenters. The number of hydrogen-bond acceptors (Lipinski definition) is 6. The lowest BCUT2D eigenvalue weighted by molar-refractivity contribution is 0.0400. The summed E-state index contributed by atoms with van der Waals surface area (Å²) in [6, 6.07) is 0. The van der Waals surface area contributed by atoms with Crippen LogP contribution in [0.5, 0.6) is 0 Å². The molecule has 104 valence electrons. The van der Waals surface area contributed by atoms with Gasteiger partial charge in [0.05, 0.1) is 19.3 Å². The van der Waals surface area contributed by atoms with Crippen molar-refractivity contribution in [2.24, 2.45) is 0 Å². The smallest absolute Gasteiger partial charge is 0.240 e. The van der Waals surface area contributed by atoms with Gasteiger partial charge in [0.25, 0.3) is 0 Å². The number of unbranched alkanes of at least 4 members (excludes halogenated alkanes) is 1. The molecule has 1 heterocycles. The minimum absolute atomic E-state index is 0.329. The highest BCUT2D eigenvalue weighted by Gasteiger charge is 2.12. The number of aliphatic hydroxyl groups is 1. The summed E-state index contributed by atoms with van der Waals surface area (Å²) in [6.07, 6.45) is 2.55. The number of nitrogens with zero attached hydrogens (tertiary/aromatic N) is 3. The Morgan fingerprint density at radius 2 is 2.28 bits per heavy atom. The van der Waals surface area contributed by atoms with E-state index in [1.54, 1.807) is 7.11 Å². The standard InChI is InChI=1S/C12H23N3O3/c1-4-5-6-11-13-12(18-14-11)8-15(2)7-10(16)9-17-3/h10,16H,4-9H2,1-3H3. The molecule has 0 saturated heterocycles. The lowest BCUT2D eigenvalue weighted by atomic mass is 10.2. The summed E-state index contributed by atoms with van der Waals surface area (Å²) in [5.74, 6) is 1.35. The fourth-order valence-corrected chi connectivity index (χ4v) is 1.69. The van der Waals surface area contributed by atoms with Gasteiger partial charge in [0.2, 0.25) is 5.89 Å². The Kier molecular flexibility index (Phi) is 6.85. The molecular formula is C12H23N3O3. The van der Waals surface area contributed by atoms with Crippen LogP contribution in [-0.4, -0.2) is 53.6 Å². The van der Waals surface area contributed by atoms with Crippen LogP contribution in [-0.2, 0) is 17.7 Å². The van der Waals surface area contributed by atoms with Crippen LogP contribution in [0.3, 0.4) is 0 Å². The fraction of sp³-hybridized carbons (Fsp3) is 0.833. The molecule has 0 spiro atoms. The summed E-state index contributed by atoms with van der Waals surface area (Å²) in [5.41, 5.74) is 0. The maximum Gasteiger partial charge on any atom is 0.240 e. The number of aryl methyl sites for hydroxylation is 1. The van der Waals surface area contributed by atoms with E-state index in [2.05, 4.69) is 17.1 Å². The van der Waals surface area contributed by atoms with Crippen molar-refractivity contribution in [1.82, 2.24) is 15.0 Å². The largest absolute Gasteiger partial charge is 0.389 e. The van der Waals surface area contributed by atoms with Crippen molar-refractivity contribution in [1.29, 1.82) is 0 Å². The molecule has 1 rings (SSSR count). The summed E-state index contributed by atoms with van der Waals surface area (Å²) >= 11 is 0. The van der Waals surface area contributed by atoms with Gasteiger partial charge in [-0.2, -0.15) is 4.98 Å². The van der Waals surface area contributed by atoms with Crippen LogP contribution in [0.15, 0.2) is 4.52 Å². The summed E-state index contributed by atoms with van der Waals surface area (Å²) in [4.78, 5) is 6.24. The van der Waals surface area contributed by atoms with Gasteiger partial charge in [-0.15, -0.1) is 0 Å². The lowest BCUT2D eigenvalue weighted by Gasteiger charge is -2.17. The monoisotopic (exact) mass is 257 g/mol. The lowest BCUT2D eigenvalue weighted by Crippen LogP contribution is -2.31. The molecule has 0 radical (unpaired) electrons. The van der Waals surface area contributed by atoms with Crippen LogP contribution in [0, 0.1) is 0 Å². The van der Waals surface area contributed by atoms with Crippen molar-refractivity contribution < 1.29 is 14.4 Å². The molecule has 0 bridgehead atoms. The molecule has 18 heavy (non-hydrogen) atoms. The van der Waals surface area contributed by atoms with E-state index in [9.17, 15) is 5.11 Å². The van der Waals surface area contributed by atoms with E-state index in [4.69, 9.17) is 9.26 Å². The number of likely N-dealkylation sites (N-methyl/N-ethyl adjacent to an activating group) is 1. The first kappa shape index (κ1) is 15.1. The molecule has 0 aliphatic rings. The van der Waals surface area contributed by atoms with Gasteiger partial charge in [0.1, 0.15) is 0 Å². The third kappa shape index (κ3) is 5.57. The zero-order valence-corrected chi connectivity index (χ0v) is 11.4. The Bertz CT molecular complexity index is 330. The molecule has 1 N–H and O–H groups in total. The summed E-state index contributed by atoms with van der Waals surface area (Å²) < 4.78 is 10.0. The van der Waals surface area contributed by atoms with E-state index in [1.165, 1.54) is 0 Å². The van der Waals surface area contributed by atoms with E-state index in [-0.39, 0.29) is 0 Å². The number of hydrogen-bond donors (Lipinski definition) is 1. The van der Waals surface area contributed by atoms with Crippen LogP contribution in [0.2, 0.25) is 0 Å². The molecule has 0 fully saturated rings. The first-order valence-corrected chi connectivity index (χ1v) is 6.32. The predicted octanol–water partition coefficient (Wildman–Crippen LogP) is 0.851. The van der Waals surface area contributed by atoms with E-state index in [1.807, 2.05) is 11.9 Å². The van der Waals surface area contributed by atoms with Crippen LogP contribution < -0.4 is 0 Å². The third-order valence-electron chi connectivity index (χ3n) is 2.55. The number of rotatable bonds is 9. The molecule has 0 aromatic carbocycles. The Hall–Kier alpha value is -0.980. The van der Waals surface area contributed by atoms with Gasteiger partial charge in [-0.25, -0.2) is 0 Å². The van der Waals surface area contributed by atoms with Crippen molar-refractivity contribution in [3.8, 4) is 0 Å². The normalized spacial score (nSPS) is 13.2. The number of methoxy groups -OCH3 is 1. The van der Waals surface area contributed by atoms with Crippen LogP contribution >= 0.6 is 0 Å². The van der Waals surface area contributed by atoms with Crippen LogP contribution in [0.25, 0.3) is 0 Å². The summed E-state index contributed by atoms with van der Waals surface area (Å²) in [7, 11) is 3.47. The van der Waals surface area contributed by atoms with Gasteiger partial charge in [0, 0.05) is 20.1 Å². The fourth-order valence-electron chi connectivity index (χ4n) is 1.69. The van der Waals surface area contributed by atoms with E-state index in [0.29, 0.717) is 25.6 Å². The Labute approximate surface area is 108 Å². The number of aromatic nitrogens is 2. The number of aliphatic hydroxyl groups excluding tert-OH is 1. The quantitative estimate of drug-likeness (QED) is 0.707. The van der Waals surface area contributed by atoms with Gasteiger partial charge in [-0.05, 0) is 13.5 Å². The van der Waals surface area contributed by atoms with Crippen LogP contribution in [0.4, 0.5) is 0 Å². The Morgan fingerprint density at radius 3 is 2.94 bits per heavy atom. The first-order chi connectivity index (χ1) is 8.65. The third-order valence-corrected chi connectivity index (χ3v) is 2.55. The molecule has 0 aliphatic heterocycles. The highest BCUT2D eigenvalue weighted by molar-refractivity contribution is 4.86. The maximum atomic E-state index is 9.59. The minimum Gasteiger partial charge on any atom is -0.389 e. The van der Waals surface area contributed by atoms with Crippen molar-refractivity contribution in [2.45, 2.75) is 38.8 Å². The summed E-state index contributed by atoms with van der Waals surface area (Å²) in [6.45, 7) is 3.52. The molecular weight excluding hydrogens is 234 g/mol. The molecule has 6 nitrogen and oxygen atoms in total. The second-order valence-corrected chi connectivity index (χ2v) is 4.51. The average molecular weight is 257 g/mol. The molecule has 0 aliphatic carbocycles. The predicted molar refractivity (Wildman–Crippen MR) is 67.1 cm³/mol. The van der Waals surface area contributed by atoms with Crippen molar-refractivity contribution in [3.05, 3.63) is 11.7 Å². The molecule has 1 aromatic rings. The second-order valence-electron chi connectivity index (χ2n) is 4.51. The van der Waals surface area contributed by atoms with Gasteiger partial charge in [-0.1, -0.05) is 18.5 Å². The minimum atomic E-state index is -0.498. The SMILES string of the molecule is CCCCc1noc(CN(C)CC(O)COC)n1. The van der Waals surface area contributed by atoms with Gasteiger partial charge < -0.3 is 14.4 Å². The Morgan fingerprint density at radius 1 is 1.50 bits per heavy atom. The van der Waals surface area contributed by atoms with E-state index in [0.717, 1.165) is 25.1 Å². The van der Waals surface area contributed by atoms with Crippen molar-refractivity contribution in [2.75, 3.05) is 27.3 Å². The molecule has 1 aromatic heterocycles. The van der Waals surface area contributed by atoms with Gasteiger partial charge >= 0.3 is 0 Å². The van der Waals surface area contributed by atoms with Crippen molar-refractivity contribution >= 4 is 0 Å². The molecule has 0 amide bonds. The van der Waals surface area contributed by atoms with Gasteiger partial charge in [-0.3, -0.25) is 4.90 Å². The van der Waals surface area contributed by atoms with Crippen LogP contribution in [0.1, 0.15) is 31.5 Å². The highest BCUT2D eigenvalue weighted by Crippen LogP contribution is 2.04. The average Bonchev–Trinajstić information content (AvgIpc) is 2.74. The molecule has 1 unspecified atom stereocenters. The second kappa shape index (κ2) is 8.18. The maximum absolute atomic E-state index is 9.59. The molecule has 6 heteroatoms. The Balaban J connectivity index is 2.34. The topological polar surface area (TPSA) is 71.6 Å². The molecule has 0 saturated carbocycles.